The molecular weight excluding hydrogens is 300 g/mol. The molecule has 19 heavy (non-hydrogen) atoms. The van der Waals surface area contributed by atoms with Gasteiger partial charge in [-0.2, -0.15) is 0 Å². The fraction of sp³-hybridized carbons (Fsp3) is 0.625. The van der Waals surface area contributed by atoms with Crippen LogP contribution in [0.15, 0.2) is 24.3 Å². The zero-order chi connectivity index (χ0) is 13.3. The lowest BCUT2D eigenvalue weighted by Gasteiger charge is -2.37. The van der Waals surface area contributed by atoms with Crippen LogP contribution < -0.4 is 4.90 Å². The summed E-state index contributed by atoms with van der Waals surface area (Å²) < 4.78 is 0. The second-order valence-corrected chi connectivity index (χ2v) is 6.80. The summed E-state index contributed by atoms with van der Waals surface area (Å²) in [4.78, 5) is 5.18. The van der Waals surface area contributed by atoms with E-state index in [0.29, 0.717) is 5.41 Å². The zero-order valence-electron chi connectivity index (χ0n) is 11.7. The smallest absolute Gasteiger partial charge is 0.0369 e. The van der Waals surface area contributed by atoms with Crippen LogP contribution in [0, 0.1) is 12.3 Å². The van der Waals surface area contributed by atoms with E-state index in [9.17, 15) is 0 Å². The monoisotopic (exact) mass is 322 g/mol. The van der Waals surface area contributed by atoms with Crippen molar-refractivity contribution >= 4 is 21.6 Å². The third-order valence-electron chi connectivity index (χ3n) is 4.54. The van der Waals surface area contributed by atoms with Crippen LogP contribution in [0.5, 0.6) is 0 Å². The molecule has 2 nitrogen and oxygen atoms in total. The van der Waals surface area contributed by atoms with Gasteiger partial charge in [0.05, 0.1) is 0 Å². The summed E-state index contributed by atoms with van der Waals surface area (Å²) in [6, 6.07) is 8.88. The second kappa shape index (κ2) is 5.45. The largest absolute Gasteiger partial charge is 0.369 e. The molecule has 1 aromatic carbocycles. The Labute approximate surface area is 124 Å². The molecule has 0 N–H and O–H groups in total. The second-order valence-electron chi connectivity index (χ2n) is 6.24. The average molecular weight is 323 g/mol. The number of halogens is 1. The van der Waals surface area contributed by atoms with Gasteiger partial charge in [-0.05, 0) is 42.9 Å². The van der Waals surface area contributed by atoms with Crippen LogP contribution in [-0.4, -0.2) is 43.0 Å². The van der Waals surface area contributed by atoms with Gasteiger partial charge >= 0.3 is 0 Å². The Morgan fingerprint density at radius 1 is 1.16 bits per heavy atom. The predicted molar refractivity (Wildman–Crippen MR) is 85.3 cm³/mol. The number of piperazine rings is 1. The molecule has 1 aliphatic carbocycles. The van der Waals surface area contributed by atoms with Crippen molar-refractivity contribution in [1.29, 1.82) is 0 Å². The number of hydrogen-bond acceptors (Lipinski definition) is 2. The summed E-state index contributed by atoms with van der Waals surface area (Å²) in [5.74, 6) is 0. The number of hydrogen-bond donors (Lipinski definition) is 0. The molecule has 1 aromatic rings. The van der Waals surface area contributed by atoms with Gasteiger partial charge in [0, 0.05) is 43.7 Å². The first kappa shape index (κ1) is 13.4. The van der Waals surface area contributed by atoms with Gasteiger partial charge in [-0.3, -0.25) is 4.90 Å². The Kier molecular flexibility index (Phi) is 3.86. The van der Waals surface area contributed by atoms with Crippen LogP contribution in [0.25, 0.3) is 0 Å². The number of nitrogens with zero attached hydrogens (tertiary/aromatic N) is 2. The van der Waals surface area contributed by atoms with Crippen molar-refractivity contribution in [2.75, 3.05) is 43.0 Å². The van der Waals surface area contributed by atoms with Crippen molar-refractivity contribution in [2.45, 2.75) is 19.8 Å². The minimum atomic E-state index is 0.617. The van der Waals surface area contributed by atoms with Gasteiger partial charge in [-0.1, -0.05) is 28.1 Å². The van der Waals surface area contributed by atoms with Crippen LogP contribution in [0.4, 0.5) is 5.69 Å². The summed E-state index contributed by atoms with van der Waals surface area (Å²) in [5.41, 5.74) is 3.36. The molecule has 0 radical (unpaired) electrons. The Bertz CT molecular complexity index is 434. The molecule has 0 amide bonds. The summed E-state index contributed by atoms with van der Waals surface area (Å²) in [7, 11) is 0. The number of aryl methyl sites for hydroxylation is 1. The first-order valence-electron chi connectivity index (χ1n) is 7.31. The highest BCUT2D eigenvalue weighted by atomic mass is 79.9. The summed E-state index contributed by atoms with van der Waals surface area (Å²) in [6.45, 7) is 8.22. The Morgan fingerprint density at radius 2 is 1.89 bits per heavy atom. The minimum Gasteiger partial charge on any atom is -0.369 e. The molecule has 2 aliphatic rings. The molecular formula is C16H23BrN2. The highest BCUT2D eigenvalue weighted by molar-refractivity contribution is 9.09. The Balaban J connectivity index is 1.55. The van der Waals surface area contributed by atoms with Gasteiger partial charge in [0.2, 0.25) is 0 Å². The van der Waals surface area contributed by atoms with E-state index in [1.807, 2.05) is 0 Å². The van der Waals surface area contributed by atoms with Crippen molar-refractivity contribution in [3.05, 3.63) is 29.8 Å². The molecule has 2 fully saturated rings. The van der Waals surface area contributed by atoms with Gasteiger partial charge in [0.15, 0.2) is 0 Å². The number of benzene rings is 1. The maximum absolute atomic E-state index is 3.68. The van der Waals surface area contributed by atoms with Gasteiger partial charge in [0.25, 0.3) is 0 Å². The number of anilines is 1. The van der Waals surface area contributed by atoms with Crippen LogP contribution in [0.3, 0.4) is 0 Å². The van der Waals surface area contributed by atoms with Crippen molar-refractivity contribution < 1.29 is 0 Å². The Hall–Kier alpha value is -0.540. The zero-order valence-corrected chi connectivity index (χ0v) is 13.3. The summed E-state index contributed by atoms with van der Waals surface area (Å²) >= 11 is 3.68. The van der Waals surface area contributed by atoms with Crippen LogP contribution >= 0.6 is 15.9 Å². The minimum absolute atomic E-state index is 0.617. The number of rotatable bonds is 4. The topological polar surface area (TPSA) is 6.48 Å². The van der Waals surface area contributed by atoms with E-state index in [4.69, 9.17) is 0 Å². The van der Waals surface area contributed by atoms with Crippen molar-refractivity contribution in [2.24, 2.45) is 5.41 Å². The molecule has 0 atom stereocenters. The van der Waals surface area contributed by atoms with Crippen LogP contribution in [0.1, 0.15) is 18.4 Å². The molecule has 0 unspecified atom stereocenters. The maximum Gasteiger partial charge on any atom is 0.0369 e. The van der Waals surface area contributed by atoms with Gasteiger partial charge < -0.3 is 4.90 Å². The van der Waals surface area contributed by atoms with Crippen LogP contribution in [-0.2, 0) is 0 Å². The fourth-order valence-corrected chi connectivity index (χ4v) is 3.71. The van der Waals surface area contributed by atoms with Crippen molar-refractivity contribution in [3.63, 3.8) is 0 Å². The highest BCUT2D eigenvalue weighted by Gasteiger charge is 2.42. The molecule has 0 spiro atoms. The molecule has 0 bridgehead atoms. The lowest BCUT2D eigenvalue weighted by molar-refractivity contribution is 0.218. The van der Waals surface area contributed by atoms with E-state index >= 15 is 0 Å². The van der Waals surface area contributed by atoms with E-state index in [0.717, 1.165) is 0 Å². The maximum atomic E-state index is 3.68. The van der Waals surface area contributed by atoms with E-state index in [-0.39, 0.29) is 0 Å². The third kappa shape index (κ3) is 3.14. The molecule has 1 saturated heterocycles. The molecule has 1 aliphatic heterocycles. The highest BCUT2D eigenvalue weighted by Crippen LogP contribution is 2.47. The first-order valence-corrected chi connectivity index (χ1v) is 8.43. The van der Waals surface area contributed by atoms with Crippen molar-refractivity contribution in [3.8, 4) is 0 Å². The van der Waals surface area contributed by atoms with E-state index in [2.05, 4.69) is 56.9 Å². The molecule has 1 heterocycles. The quantitative estimate of drug-likeness (QED) is 0.785. The standard InChI is InChI=1S/C16H23BrN2/c1-14-3-2-4-15(11-14)19-9-7-18(8-10-19)13-16(12-17)5-6-16/h2-4,11H,5-10,12-13H2,1H3. The molecule has 0 aromatic heterocycles. The van der Waals surface area contributed by atoms with Crippen LogP contribution in [0.2, 0.25) is 0 Å². The fourth-order valence-electron chi connectivity index (χ4n) is 2.97. The lowest BCUT2D eigenvalue weighted by atomic mass is 10.1. The molecule has 3 heteroatoms. The first-order chi connectivity index (χ1) is 9.21. The van der Waals surface area contributed by atoms with Gasteiger partial charge in [-0.15, -0.1) is 0 Å². The van der Waals surface area contributed by atoms with E-state index in [1.165, 1.54) is 62.1 Å². The molecule has 1 saturated carbocycles. The normalized spacial score (nSPS) is 22.5. The average Bonchev–Trinajstić information content (AvgIpc) is 3.20. The van der Waals surface area contributed by atoms with Gasteiger partial charge in [-0.25, -0.2) is 0 Å². The molecule has 104 valence electrons. The Morgan fingerprint density at radius 3 is 2.47 bits per heavy atom. The predicted octanol–water partition coefficient (Wildman–Crippen LogP) is 3.29. The van der Waals surface area contributed by atoms with Gasteiger partial charge in [0.1, 0.15) is 0 Å². The number of alkyl halides is 1. The lowest BCUT2D eigenvalue weighted by Crippen LogP contribution is -2.48. The summed E-state index contributed by atoms with van der Waals surface area (Å²) in [5, 5.41) is 1.18. The summed E-state index contributed by atoms with van der Waals surface area (Å²) in [6.07, 6.45) is 2.83. The van der Waals surface area contributed by atoms with E-state index < -0.39 is 0 Å². The van der Waals surface area contributed by atoms with E-state index in [1.54, 1.807) is 0 Å². The third-order valence-corrected chi connectivity index (χ3v) is 5.73. The molecule has 3 rings (SSSR count). The SMILES string of the molecule is Cc1cccc(N2CCN(CC3(CBr)CC3)CC2)c1. The van der Waals surface area contributed by atoms with Crippen molar-refractivity contribution in [1.82, 2.24) is 4.90 Å².